The first-order valence-electron chi connectivity index (χ1n) is 7.79. The van der Waals surface area contributed by atoms with Crippen LogP contribution < -0.4 is 5.73 Å². The molecule has 0 aromatic heterocycles. The summed E-state index contributed by atoms with van der Waals surface area (Å²) in [5, 5.41) is 0. The summed E-state index contributed by atoms with van der Waals surface area (Å²) in [7, 11) is 0. The lowest BCUT2D eigenvalue weighted by Gasteiger charge is -2.19. The Labute approximate surface area is 123 Å². The highest BCUT2D eigenvalue weighted by atomic mass is 16.1. The maximum Gasteiger partial charge on any atom is 0.162 e. The smallest absolute Gasteiger partial charge is 0.162 e. The van der Waals surface area contributed by atoms with Crippen molar-refractivity contribution < 1.29 is 4.79 Å². The van der Waals surface area contributed by atoms with Crippen LogP contribution in [0.1, 0.15) is 68.8 Å². The van der Waals surface area contributed by atoms with Crippen LogP contribution in [-0.2, 0) is 0 Å². The van der Waals surface area contributed by atoms with Gasteiger partial charge in [0.15, 0.2) is 5.78 Å². The maximum absolute atomic E-state index is 12.2. The summed E-state index contributed by atoms with van der Waals surface area (Å²) < 4.78 is 0. The summed E-state index contributed by atoms with van der Waals surface area (Å²) in [5.74, 6) is 1.91. The molecule has 0 aliphatic carbocycles. The molecule has 0 saturated carbocycles. The predicted octanol–water partition coefficient (Wildman–Crippen LogP) is 4.39. The van der Waals surface area contributed by atoms with Crippen LogP contribution in [-0.4, -0.2) is 12.3 Å². The molecule has 1 atom stereocenters. The van der Waals surface area contributed by atoms with Crippen LogP contribution >= 0.6 is 0 Å². The number of ketones is 1. The zero-order chi connectivity index (χ0) is 15.1. The minimum Gasteiger partial charge on any atom is -0.330 e. The molecular formula is C18H29NO. The van der Waals surface area contributed by atoms with E-state index in [4.69, 9.17) is 5.73 Å². The maximum atomic E-state index is 12.2. The normalized spacial score (nSPS) is 12.9. The number of hydrogen-bond donors (Lipinski definition) is 1. The largest absolute Gasteiger partial charge is 0.330 e. The van der Waals surface area contributed by atoms with Gasteiger partial charge in [0.2, 0.25) is 0 Å². The third-order valence-corrected chi connectivity index (χ3v) is 4.12. The molecule has 1 rings (SSSR count). The SMILES string of the molecule is CC(C)c1ccc(C(=O)CCC(CCN)C(C)C)cc1. The first-order chi connectivity index (χ1) is 9.45. The van der Waals surface area contributed by atoms with Crippen LogP contribution in [0.15, 0.2) is 24.3 Å². The highest BCUT2D eigenvalue weighted by Crippen LogP contribution is 2.22. The summed E-state index contributed by atoms with van der Waals surface area (Å²) in [5.41, 5.74) is 7.76. The molecule has 2 heteroatoms. The molecule has 0 heterocycles. The number of hydrogen-bond acceptors (Lipinski definition) is 2. The Bertz CT molecular complexity index is 406. The fourth-order valence-electron chi connectivity index (χ4n) is 2.54. The molecule has 0 aliphatic rings. The Morgan fingerprint density at radius 1 is 1.05 bits per heavy atom. The molecule has 2 nitrogen and oxygen atoms in total. The van der Waals surface area contributed by atoms with Crippen LogP contribution in [0.25, 0.3) is 0 Å². The van der Waals surface area contributed by atoms with Crippen LogP contribution in [0.3, 0.4) is 0 Å². The van der Waals surface area contributed by atoms with Crippen molar-refractivity contribution in [2.24, 2.45) is 17.6 Å². The lowest BCUT2D eigenvalue weighted by Crippen LogP contribution is -2.15. The second kappa shape index (κ2) is 8.21. The summed E-state index contributed by atoms with van der Waals surface area (Å²) in [6, 6.07) is 8.06. The number of rotatable bonds is 8. The molecule has 0 radical (unpaired) electrons. The van der Waals surface area contributed by atoms with Crippen molar-refractivity contribution in [3.63, 3.8) is 0 Å². The molecule has 0 spiro atoms. The van der Waals surface area contributed by atoms with Gasteiger partial charge in [-0.05, 0) is 42.7 Å². The molecule has 112 valence electrons. The molecular weight excluding hydrogens is 246 g/mol. The zero-order valence-electron chi connectivity index (χ0n) is 13.4. The number of nitrogens with two attached hydrogens (primary N) is 1. The van der Waals surface area contributed by atoms with Crippen molar-refractivity contribution >= 4 is 5.78 Å². The van der Waals surface area contributed by atoms with Crippen molar-refractivity contribution in [1.82, 2.24) is 0 Å². The van der Waals surface area contributed by atoms with E-state index >= 15 is 0 Å². The van der Waals surface area contributed by atoms with Crippen LogP contribution in [0, 0.1) is 11.8 Å². The van der Waals surface area contributed by atoms with Gasteiger partial charge in [0.1, 0.15) is 0 Å². The number of Topliss-reactive ketones (excluding diaryl/α,β-unsaturated/α-hetero) is 1. The summed E-state index contributed by atoms with van der Waals surface area (Å²) in [6.45, 7) is 9.46. The van der Waals surface area contributed by atoms with Crippen molar-refractivity contribution in [3.8, 4) is 0 Å². The van der Waals surface area contributed by atoms with Crippen LogP contribution in [0.2, 0.25) is 0 Å². The van der Waals surface area contributed by atoms with Gasteiger partial charge in [-0.15, -0.1) is 0 Å². The lowest BCUT2D eigenvalue weighted by molar-refractivity contribution is 0.0969. The predicted molar refractivity (Wildman–Crippen MR) is 86.1 cm³/mol. The van der Waals surface area contributed by atoms with Gasteiger partial charge < -0.3 is 5.73 Å². The van der Waals surface area contributed by atoms with E-state index in [1.165, 1.54) is 5.56 Å². The van der Waals surface area contributed by atoms with E-state index in [1.54, 1.807) is 0 Å². The Kier molecular flexibility index (Phi) is 6.94. The number of carbonyl (C=O) groups excluding carboxylic acids is 1. The molecule has 20 heavy (non-hydrogen) atoms. The van der Waals surface area contributed by atoms with E-state index in [0.717, 1.165) is 18.4 Å². The van der Waals surface area contributed by atoms with Gasteiger partial charge in [-0.3, -0.25) is 4.79 Å². The van der Waals surface area contributed by atoms with Gasteiger partial charge in [-0.1, -0.05) is 52.0 Å². The standard InChI is InChI=1S/C18H29NO/c1-13(2)15-5-7-17(8-6-15)18(20)10-9-16(11-12-19)14(3)4/h5-8,13-14,16H,9-12,19H2,1-4H3. The molecule has 0 fully saturated rings. The summed E-state index contributed by atoms with van der Waals surface area (Å²) >= 11 is 0. The molecule has 2 N–H and O–H groups in total. The monoisotopic (exact) mass is 275 g/mol. The summed E-state index contributed by atoms with van der Waals surface area (Å²) in [4.78, 5) is 12.2. The third-order valence-electron chi connectivity index (χ3n) is 4.12. The van der Waals surface area contributed by atoms with E-state index in [0.29, 0.717) is 30.7 Å². The average molecular weight is 275 g/mol. The minimum absolute atomic E-state index is 0.253. The highest BCUT2D eigenvalue weighted by molar-refractivity contribution is 5.96. The fourth-order valence-corrected chi connectivity index (χ4v) is 2.54. The fraction of sp³-hybridized carbons (Fsp3) is 0.611. The van der Waals surface area contributed by atoms with Gasteiger partial charge in [0, 0.05) is 12.0 Å². The third kappa shape index (κ3) is 5.09. The van der Waals surface area contributed by atoms with E-state index in [-0.39, 0.29) is 5.78 Å². The first kappa shape index (κ1) is 16.9. The molecule has 1 unspecified atom stereocenters. The van der Waals surface area contributed by atoms with E-state index in [1.807, 2.05) is 12.1 Å². The molecule has 0 aliphatic heterocycles. The Morgan fingerprint density at radius 2 is 1.65 bits per heavy atom. The first-order valence-corrected chi connectivity index (χ1v) is 7.79. The van der Waals surface area contributed by atoms with Crippen LogP contribution in [0.4, 0.5) is 0 Å². The average Bonchev–Trinajstić information content (AvgIpc) is 2.42. The highest BCUT2D eigenvalue weighted by Gasteiger charge is 2.15. The number of benzene rings is 1. The molecule has 0 bridgehead atoms. The van der Waals surface area contributed by atoms with Gasteiger partial charge in [0.05, 0.1) is 0 Å². The second-order valence-electron chi connectivity index (χ2n) is 6.32. The molecule has 0 saturated heterocycles. The number of carbonyl (C=O) groups is 1. The lowest BCUT2D eigenvalue weighted by atomic mass is 9.87. The van der Waals surface area contributed by atoms with Gasteiger partial charge in [-0.25, -0.2) is 0 Å². The molecule has 1 aromatic carbocycles. The topological polar surface area (TPSA) is 43.1 Å². The Hall–Kier alpha value is -1.15. The Balaban J connectivity index is 2.57. The summed E-state index contributed by atoms with van der Waals surface area (Å²) in [6.07, 6.45) is 2.58. The van der Waals surface area contributed by atoms with Gasteiger partial charge >= 0.3 is 0 Å². The van der Waals surface area contributed by atoms with E-state index in [9.17, 15) is 4.79 Å². The van der Waals surface area contributed by atoms with Gasteiger partial charge in [-0.2, -0.15) is 0 Å². The van der Waals surface area contributed by atoms with Crippen molar-refractivity contribution in [2.75, 3.05) is 6.54 Å². The quantitative estimate of drug-likeness (QED) is 0.715. The zero-order valence-corrected chi connectivity index (χ0v) is 13.4. The minimum atomic E-state index is 0.253. The molecule has 1 aromatic rings. The van der Waals surface area contributed by atoms with Gasteiger partial charge in [0.25, 0.3) is 0 Å². The van der Waals surface area contributed by atoms with Crippen LogP contribution in [0.5, 0.6) is 0 Å². The van der Waals surface area contributed by atoms with Crippen molar-refractivity contribution in [2.45, 2.75) is 52.9 Å². The van der Waals surface area contributed by atoms with E-state index < -0.39 is 0 Å². The van der Waals surface area contributed by atoms with Crippen molar-refractivity contribution in [1.29, 1.82) is 0 Å². The Morgan fingerprint density at radius 3 is 2.10 bits per heavy atom. The van der Waals surface area contributed by atoms with E-state index in [2.05, 4.69) is 39.8 Å². The second-order valence-corrected chi connectivity index (χ2v) is 6.32. The van der Waals surface area contributed by atoms with Crippen molar-refractivity contribution in [3.05, 3.63) is 35.4 Å². The molecule has 0 amide bonds.